The molecule has 116 valence electrons. The van der Waals surface area contributed by atoms with Gasteiger partial charge in [-0.15, -0.1) is 0 Å². The van der Waals surface area contributed by atoms with Gasteiger partial charge in [-0.05, 0) is 30.5 Å². The average Bonchev–Trinajstić information content (AvgIpc) is 2.56. The number of nitrogens with one attached hydrogen (secondary N) is 2. The molecule has 0 unspecified atom stereocenters. The molecule has 0 saturated carbocycles. The highest BCUT2D eigenvalue weighted by Gasteiger charge is 2.11. The molecule has 23 heavy (non-hydrogen) atoms. The van der Waals surface area contributed by atoms with E-state index >= 15 is 0 Å². The summed E-state index contributed by atoms with van der Waals surface area (Å²) in [5.41, 5.74) is 1.09. The number of carbonyl (C=O) groups excluding carboxylic acids is 1. The number of benzene rings is 1. The van der Waals surface area contributed by atoms with Crippen molar-refractivity contribution in [3.05, 3.63) is 64.2 Å². The van der Waals surface area contributed by atoms with Crippen LogP contribution in [0.4, 0.5) is 5.69 Å². The smallest absolute Gasteiger partial charge is 0.272 e. The van der Waals surface area contributed by atoms with Crippen molar-refractivity contribution in [1.82, 2.24) is 9.97 Å². The maximum atomic E-state index is 12.4. The molecule has 6 nitrogen and oxygen atoms in total. The first kappa shape index (κ1) is 14.8. The lowest BCUT2D eigenvalue weighted by molar-refractivity contribution is 0.102. The van der Waals surface area contributed by atoms with Crippen molar-refractivity contribution in [3.8, 4) is 5.88 Å². The van der Waals surface area contributed by atoms with Crippen LogP contribution in [0.1, 0.15) is 16.2 Å². The second-order valence-electron chi connectivity index (χ2n) is 5.04. The Morgan fingerprint density at radius 3 is 2.74 bits per heavy atom. The summed E-state index contributed by atoms with van der Waals surface area (Å²) in [5.74, 6) is 0.0718. The summed E-state index contributed by atoms with van der Waals surface area (Å²) in [6, 6.07) is 12.1. The normalized spacial score (nSPS) is 10.5. The average molecular weight is 309 g/mol. The summed E-state index contributed by atoms with van der Waals surface area (Å²) >= 11 is 0. The minimum Gasteiger partial charge on any atom is -0.481 e. The van der Waals surface area contributed by atoms with Crippen LogP contribution in [0.2, 0.25) is 0 Å². The minimum atomic E-state index is -0.400. The fourth-order valence-corrected chi connectivity index (χ4v) is 2.31. The van der Waals surface area contributed by atoms with Crippen LogP contribution >= 0.6 is 0 Å². The van der Waals surface area contributed by atoms with Gasteiger partial charge in [0.25, 0.3) is 11.5 Å². The van der Waals surface area contributed by atoms with Gasteiger partial charge in [0.05, 0.1) is 18.5 Å². The van der Waals surface area contributed by atoms with Gasteiger partial charge in [-0.3, -0.25) is 9.59 Å². The topological polar surface area (TPSA) is 84.1 Å². The summed E-state index contributed by atoms with van der Waals surface area (Å²) in [5, 5.41) is 4.00. The zero-order valence-electron chi connectivity index (χ0n) is 12.7. The van der Waals surface area contributed by atoms with Crippen LogP contribution in [0.25, 0.3) is 10.8 Å². The molecular weight excluding hydrogens is 294 g/mol. The number of hydrogen-bond acceptors (Lipinski definition) is 4. The maximum absolute atomic E-state index is 12.4. The monoisotopic (exact) mass is 309 g/mol. The maximum Gasteiger partial charge on any atom is 0.272 e. The molecule has 0 atom stereocenters. The second kappa shape index (κ2) is 5.92. The van der Waals surface area contributed by atoms with Crippen LogP contribution in [0.3, 0.4) is 0 Å². The molecule has 0 bridgehead atoms. The van der Waals surface area contributed by atoms with Gasteiger partial charge in [-0.2, -0.15) is 0 Å². The molecule has 2 aromatic heterocycles. The Bertz CT molecular complexity index is 947. The van der Waals surface area contributed by atoms with Crippen LogP contribution in [-0.2, 0) is 0 Å². The van der Waals surface area contributed by atoms with E-state index in [1.54, 1.807) is 43.3 Å². The molecule has 0 radical (unpaired) electrons. The molecule has 0 aliphatic rings. The summed E-state index contributed by atoms with van der Waals surface area (Å²) in [6.45, 7) is 1.77. The molecule has 0 saturated heterocycles. The highest BCUT2D eigenvalue weighted by atomic mass is 16.5. The number of aryl methyl sites for hydroxylation is 1. The number of anilines is 1. The third kappa shape index (κ3) is 2.91. The van der Waals surface area contributed by atoms with Crippen LogP contribution in [0.15, 0.2) is 47.3 Å². The van der Waals surface area contributed by atoms with E-state index in [0.717, 1.165) is 0 Å². The van der Waals surface area contributed by atoms with Crippen LogP contribution in [-0.4, -0.2) is 23.0 Å². The number of carbonyl (C=O) groups is 1. The van der Waals surface area contributed by atoms with E-state index in [9.17, 15) is 9.59 Å². The van der Waals surface area contributed by atoms with Gasteiger partial charge in [0.15, 0.2) is 0 Å². The molecule has 1 aromatic carbocycles. The third-order valence-electron chi connectivity index (χ3n) is 3.52. The van der Waals surface area contributed by atoms with Crippen molar-refractivity contribution in [3.63, 3.8) is 0 Å². The van der Waals surface area contributed by atoms with Gasteiger partial charge in [-0.1, -0.05) is 18.2 Å². The first-order chi connectivity index (χ1) is 11.1. The molecule has 3 rings (SSSR count). The second-order valence-corrected chi connectivity index (χ2v) is 5.04. The van der Waals surface area contributed by atoms with E-state index < -0.39 is 5.91 Å². The fourth-order valence-electron chi connectivity index (χ4n) is 2.31. The Morgan fingerprint density at radius 1 is 1.22 bits per heavy atom. The Labute approximate surface area is 132 Å². The third-order valence-corrected chi connectivity index (χ3v) is 3.52. The lowest BCUT2D eigenvalue weighted by Gasteiger charge is -2.09. The molecule has 0 aliphatic heterocycles. The Kier molecular flexibility index (Phi) is 3.80. The van der Waals surface area contributed by atoms with Gasteiger partial charge in [0.2, 0.25) is 5.88 Å². The molecule has 0 spiro atoms. The van der Waals surface area contributed by atoms with E-state index in [4.69, 9.17) is 4.74 Å². The number of fused-ring (bicyclic) bond motifs is 1. The fraction of sp³-hybridized carbons (Fsp3) is 0.118. The molecular formula is C17H15N3O3. The lowest BCUT2D eigenvalue weighted by atomic mass is 10.1. The molecule has 0 aliphatic carbocycles. The quantitative estimate of drug-likeness (QED) is 0.778. The number of rotatable bonds is 3. The van der Waals surface area contributed by atoms with E-state index in [2.05, 4.69) is 15.3 Å². The summed E-state index contributed by atoms with van der Waals surface area (Å²) in [6.07, 6.45) is 0. The molecule has 3 aromatic rings. The van der Waals surface area contributed by atoms with Gasteiger partial charge in [0, 0.05) is 11.5 Å². The first-order valence-electron chi connectivity index (χ1n) is 7.03. The van der Waals surface area contributed by atoms with Crippen molar-refractivity contribution in [2.45, 2.75) is 6.92 Å². The number of aromatic nitrogens is 2. The molecule has 6 heteroatoms. The van der Waals surface area contributed by atoms with Crippen molar-refractivity contribution in [2.75, 3.05) is 12.4 Å². The zero-order valence-corrected chi connectivity index (χ0v) is 12.7. The zero-order chi connectivity index (χ0) is 16.4. The number of aromatic amines is 1. The van der Waals surface area contributed by atoms with Crippen LogP contribution in [0, 0.1) is 6.92 Å². The number of amides is 1. The predicted octanol–water partition coefficient (Wildman–Crippen LogP) is 2.49. The first-order valence-corrected chi connectivity index (χ1v) is 7.03. The summed E-state index contributed by atoms with van der Waals surface area (Å²) in [4.78, 5) is 31.2. The van der Waals surface area contributed by atoms with E-state index in [0.29, 0.717) is 28.0 Å². The van der Waals surface area contributed by atoms with E-state index in [-0.39, 0.29) is 11.3 Å². The number of methoxy groups -OCH3 is 1. The number of hydrogen-bond donors (Lipinski definition) is 2. The number of H-pyrrole nitrogens is 1. The predicted molar refractivity (Wildman–Crippen MR) is 88.0 cm³/mol. The Morgan fingerprint density at radius 2 is 2.00 bits per heavy atom. The van der Waals surface area contributed by atoms with Gasteiger partial charge in [-0.25, -0.2) is 4.98 Å². The van der Waals surface area contributed by atoms with Crippen LogP contribution in [0.5, 0.6) is 5.88 Å². The van der Waals surface area contributed by atoms with Crippen molar-refractivity contribution < 1.29 is 9.53 Å². The number of nitrogens with zero attached hydrogens (tertiary/aromatic N) is 1. The minimum absolute atomic E-state index is 0.198. The summed E-state index contributed by atoms with van der Waals surface area (Å²) in [7, 11) is 1.53. The highest BCUT2D eigenvalue weighted by molar-refractivity contribution is 6.05. The van der Waals surface area contributed by atoms with E-state index in [1.807, 2.05) is 6.07 Å². The Balaban J connectivity index is 1.93. The van der Waals surface area contributed by atoms with Gasteiger partial charge in [0.1, 0.15) is 5.69 Å². The SMILES string of the molecule is COc1ccc(NC(=O)c2cc3ccccc3c(=O)[nH]2)c(C)n1. The number of ether oxygens (including phenoxy) is 1. The molecule has 2 N–H and O–H groups in total. The molecule has 2 heterocycles. The highest BCUT2D eigenvalue weighted by Crippen LogP contribution is 2.18. The van der Waals surface area contributed by atoms with Crippen molar-refractivity contribution in [2.24, 2.45) is 0 Å². The van der Waals surface area contributed by atoms with Gasteiger partial charge < -0.3 is 15.0 Å². The van der Waals surface area contributed by atoms with Crippen molar-refractivity contribution >= 4 is 22.4 Å². The molecule has 0 fully saturated rings. The molecule has 1 amide bonds. The Hall–Kier alpha value is -3.15. The summed E-state index contributed by atoms with van der Waals surface area (Å²) < 4.78 is 5.03. The van der Waals surface area contributed by atoms with Gasteiger partial charge >= 0.3 is 0 Å². The largest absolute Gasteiger partial charge is 0.481 e. The van der Waals surface area contributed by atoms with Crippen LogP contribution < -0.4 is 15.6 Å². The lowest BCUT2D eigenvalue weighted by Crippen LogP contribution is -2.19. The van der Waals surface area contributed by atoms with Crippen molar-refractivity contribution in [1.29, 1.82) is 0 Å². The van der Waals surface area contributed by atoms with E-state index in [1.165, 1.54) is 7.11 Å². The number of pyridine rings is 2. The standard InChI is InChI=1S/C17H15N3O3/c1-10-13(7-8-15(18-10)23-2)19-17(22)14-9-11-5-3-4-6-12(11)16(21)20-14/h3-9H,1-2H3,(H,19,22)(H,20,21).